The van der Waals surface area contributed by atoms with E-state index in [1.807, 2.05) is 0 Å². The topological polar surface area (TPSA) is 123 Å². The van der Waals surface area contributed by atoms with E-state index < -0.39 is 15.9 Å². The van der Waals surface area contributed by atoms with Crippen LogP contribution in [0, 0.1) is 11.3 Å². The standard InChI is InChI=1S/C20H20FN5O3S/c1-24-30(27,28)15-3-4-19(29-2)16(9-15)17-7-13(10-23)8-18-20(17)25-12-26(18)11-14(21)5-6-22/h3-5,7-9,12,24H,6,11,22H2,1-2H3. The fourth-order valence-corrected chi connectivity index (χ4v) is 3.85. The number of sulfonamides is 1. The van der Waals surface area contributed by atoms with Gasteiger partial charge in [0.05, 0.1) is 47.5 Å². The van der Waals surface area contributed by atoms with E-state index in [0.717, 1.165) is 0 Å². The van der Waals surface area contributed by atoms with E-state index in [0.29, 0.717) is 33.5 Å². The maximum Gasteiger partial charge on any atom is 0.240 e. The molecule has 0 atom stereocenters. The molecular formula is C20H20FN5O3S. The minimum absolute atomic E-state index is 0.0349. The summed E-state index contributed by atoms with van der Waals surface area (Å²) in [7, 11) is -0.926. The molecule has 0 saturated heterocycles. The van der Waals surface area contributed by atoms with Gasteiger partial charge in [0.1, 0.15) is 11.6 Å². The van der Waals surface area contributed by atoms with Crippen LogP contribution in [-0.2, 0) is 16.6 Å². The quantitative estimate of drug-likeness (QED) is 0.594. The number of hydrogen-bond donors (Lipinski definition) is 2. The van der Waals surface area contributed by atoms with Crippen molar-refractivity contribution >= 4 is 21.1 Å². The average Bonchev–Trinajstić information content (AvgIpc) is 3.15. The highest BCUT2D eigenvalue weighted by atomic mass is 32.2. The molecule has 10 heteroatoms. The number of benzene rings is 2. The highest BCUT2D eigenvalue weighted by Crippen LogP contribution is 2.37. The van der Waals surface area contributed by atoms with Crippen LogP contribution in [0.5, 0.6) is 5.75 Å². The van der Waals surface area contributed by atoms with Gasteiger partial charge in [-0.25, -0.2) is 22.5 Å². The zero-order chi connectivity index (χ0) is 21.9. The molecule has 3 N–H and O–H groups in total. The van der Waals surface area contributed by atoms with Crippen molar-refractivity contribution in [3.8, 4) is 22.9 Å². The minimum atomic E-state index is -3.70. The summed E-state index contributed by atoms with van der Waals surface area (Å²) in [4.78, 5) is 4.41. The first-order valence-corrected chi connectivity index (χ1v) is 10.4. The van der Waals surface area contributed by atoms with E-state index in [2.05, 4.69) is 15.8 Å². The van der Waals surface area contributed by atoms with Crippen LogP contribution < -0.4 is 15.2 Å². The predicted octanol–water partition coefficient (Wildman–Crippen LogP) is 2.30. The fourth-order valence-electron chi connectivity index (χ4n) is 3.10. The van der Waals surface area contributed by atoms with Gasteiger partial charge in [0.25, 0.3) is 0 Å². The van der Waals surface area contributed by atoms with E-state index >= 15 is 0 Å². The van der Waals surface area contributed by atoms with Gasteiger partial charge in [0, 0.05) is 17.7 Å². The normalized spacial score (nSPS) is 12.2. The molecule has 30 heavy (non-hydrogen) atoms. The van der Waals surface area contributed by atoms with E-state index in [4.69, 9.17) is 10.5 Å². The van der Waals surface area contributed by atoms with Gasteiger partial charge in [0.15, 0.2) is 0 Å². The third-order valence-corrected chi connectivity index (χ3v) is 5.97. The molecule has 2 aromatic carbocycles. The van der Waals surface area contributed by atoms with Crippen LogP contribution in [0.25, 0.3) is 22.2 Å². The number of nitrogens with one attached hydrogen (secondary N) is 1. The molecule has 3 aromatic rings. The van der Waals surface area contributed by atoms with Crippen molar-refractivity contribution in [1.82, 2.24) is 14.3 Å². The molecule has 8 nitrogen and oxygen atoms in total. The summed E-state index contributed by atoms with van der Waals surface area (Å²) in [6.45, 7) is -0.0234. The Hall–Kier alpha value is -3.26. The van der Waals surface area contributed by atoms with E-state index in [9.17, 15) is 18.1 Å². The molecule has 0 aliphatic rings. The highest BCUT2D eigenvalue weighted by molar-refractivity contribution is 7.89. The van der Waals surface area contributed by atoms with Crippen LogP contribution in [-0.4, -0.2) is 38.7 Å². The number of nitriles is 1. The molecule has 1 aromatic heterocycles. The first-order chi connectivity index (χ1) is 14.3. The summed E-state index contributed by atoms with van der Waals surface area (Å²) in [5.41, 5.74) is 7.61. The molecular weight excluding hydrogens is 409 g/mol. The van der Waals surface area contributed by atoms with E-state index in [1.165, 1.54) is 44.8 Å². The van der Waals surface area contributed by atoms with Crippen molar-refractivity contribution in [2.45, 2.75) is 11.4 Å². The van der Waals surface area contributed by atoms with Crippen molar-refractivity contribution < 1.29 is 17.5 Å². The molecule has 0 saturated carbocycles. The van der Waals surface area contributed by atoms with Gasteiger partial charge in [-0.2, -0.15) is 5.26 Å². The van der Waals surface area contributed by atoms with Gasteiger partial charge in [-0.1, -0.05) is 0 Å². The predicted molar refractivity (Wildman–Crippen MR) is 111 cm³/mol. The first-order valence-electron chi connectivity index (χ1n) is 8.90. The molecule has 0 fully saturated rings. The number of fused-ring (bicyclic) bond motifs is 1. The lowest BCUT2D eigenvalue weighted by atomic mass is 10.0. The van der Waals surface area contributed by atoms with Crippen LogP contribution in [0.1, 0.15) is 5.56 Å². The summed E-state index contributed by atoms with van der Waals surface area (Å²) < 4.78 is 47.8. The van der Waals surface area contributed by atoms with E-state index in [-0.39, 0.29) is 18.0 Å². The number of methoxy groups -OCH3 is 1. The largest absolute Gasteiger partial charge is 0.496 e. The number of halogens is 1. The number of imidazole rings is 1. The van der Waals surface area contributed by atoms with Crippen molar-refractivity contribution in [2.75, 3.05) is 20.7 Å². The second-order valence-electron chi connectivity index (χ2n) is 6.33. The summed E-state index contributed by atoms with van der Waals surface area (Å²) in [6, 6.07) is 9.68. The Morgan fingerprint density at radius 1 is 1.37 bits per heavy atom. The van der Waals surface area contributed by atoms with Crippen LogP contribution in [0.4, 0.5) is 4.39 Å². The molecule has 1 heterocycles. The number of hydrogen-bond acceptors (Lipinski definition) is 6. The van der Waals surface area contributed by atoms with Gasteiger partial charge in [0.2, 0.25) is 10.0 Å². The number of nitrogens with zero attached hydrogens (tertiary/aromatic N) is 3. The summed E-state index contributed by atoms with van der Waals surface area (Å²) >= 11 is 0. The lowest BCUT2D eigenvalue weighted by molar-refractivity contribution is 0.416. The Morgan fingerprint density at radius 2 is 2.13 bits per heavy atom. The van der Waals surface area contributed by atoms with E-state index in [1.54, 1.807) is 16.7 Å². The number of allylic oxidation sites excluding steroid dienone is 1. The third kappa shape index (κ3) is 4.04. The summed E-state index contributed by atoms with van der Waals surface area (Å²) in [5, 5.41) is 9.49. The summed E-state index contributed by atoms with van der Waals surface area (Å²) in [5.74, 6) is -0.0226. The van der Waals surface area contributed by atoms with Crippen LogP contribution >= 0.6 is 0 Å². The van der Waals surface area contributed by atoms with Crippen molar-refractivity contribution in [3.05, 3.63) is 54.1 Å². The minimum Gasteiger partial charge on any atom is -0.496 e. The van der Waals surface area contributed by atoms with Crippen molar-refractivity contribution in [2.24, 2.45) is 5.73 Å². The molecule has 0 unspecified atom stereocenters. The van der Waals surface area contributed by atoms with Crippen LogP contribution in [0.15, 0.2) is 53.5 Å². The number of rotatable bonds is 7. The van der Waals surface area contributed by atoms with Crippen LogP contribution in [0.3, 0.4) is 0 Å². The molecule has 0 amide bonds. The highest BCUT2D eigenvalue weighted by Gasteiger charge is 2.19. The van der Waals surface area contributed by atoms with Gasteiger partial charge in [-0.3, -0.25) is 0 Å². The maximum absolute atomic E-state index is 14.0. The maximum atomic E-state index is 14.0. The zero-order valence-electron chi connectivity index (χ0n) is 16.4. The summed E-state index contributed by atoms with van der Waals surface area (Å²) in [6.07, 6.45) is 2.72. The average molecular weight is 429 g/mol. The third-order valence-electron chi connectivity index (χ3n) is 4.56. The number of aromatic nitrogens is 2. The first kappa shape index (κ1) is 21.4. The van der Waals surface area contributed by atoms with Gasteiger partial charge in [-0.05, 0) is 43.5 Å². The monoisotopic (exact) mass is 429 g/mol. The number of nitrogens with two attached hydrogens (primary N) is 1. The lowest BCUT2D eigenvalue weighted by Gasteiger charge is -2.13. The number of ether oxygens (including phenoxy) is 1. The lowest BCUT2D eigenvalue weighted by Crippen LogP contribution is -2.18. The molecule has 0 bridgehead atoms. The Balaban J connectivity index is 2.29. The Morgan fingerprint density at radius 3 is 2.77 bits per heavy atom. The smallest absolute Gasteiger partial charge is 0.240 e. The molecule has 0 radical (unpaired) electrons. The van der Waals surface area contributed by atoms with Gasteiger partial charge >= 0.3 is 0 Å². The zero-order valence-corrected chi connectivity index (χ0v) is 17.2. The van der Waals surface area contributed by atoms with Gasteiger partial charge in [-0.15, -0.1) is 0 Å². The molecule has 0 aliphatic carbocycles. The molecule has 0 aliphatic heterocycles. The van der Waals surface area contributed by atoms with Gasteiger partial charge < -0.3 is 15.0 Å². The Labute approximate surface area is 173 Å². The Kier molecular flexibility index (Phi) is 6.17. The molecule has 0 spiro atoms. The van der Waals surface area contributed by atoms with Crippen molar-refractivity contribution in [3.63, 3.8) is 0 Å². The van der Waals surface area contributed by atoms with Crippen LogP contribution in [0.2, 0.25) is 0 Å². The Bertz CT molecular complexity index is 1280. The second kappa shape index (κ2) is 8.62. The second-order valence-corrected chi connectivity index (χ2v) is 8.22. The SMILES string of the molecule is CNS(=O)(=O)c1ccc(OC)c(-c2cc(C#N)cc3c2ncn3CC(F)=CCN)c1. The fraction of sp³-hybridized carbons (Fsp3) is 0.200. The van der Waals surface area contributed by atoms with Crippen molar-refractivity contribution in [1.29, 1.82) is 5.26 Å². The molecule has 156 valence electrons. The molecule has 3 rings (SSSR count).